The molecule has 2 unspecified atom stereocenters. The zero-order valence-electron chi connectivity index (χ0n) is 15.7. The predicted molar refractivity (Wildman–Crippen MR) is 97.4 cm³/mol. The molecule has 8 heteroatoms. The van der Waals surface area contributed by atoms with Crippen LogP contribution in [-0.2, 0) is 25.1 Å². The Morgan fingerprint density at radius 2 is 1.75 bits per heavy atom. The van der Waals surface area contributed by atoms with Crippen molar-refractivity contribution in [3.63, 3.8) is 0 Å². The number of halogens is 2. The Morgan fingerprint density at radius 1 is 1.18 bits per heavy atom. The molecule has 4 aliphatic rings. The minimum atomic E-state index is -5.85. The lowest BCUT2D eigenvalue weighted by Gasteiger charge is -2.62. The number of hydrogen-bond donors (Lipinski definition) is 1. The monoisotopic (exact) mass is 414 g/mol. The molecule has 5 rings (SSSR count). The van der Waals surface area contributed by atoms with Crippen LogP contribution in [-0.4, -0.2) is 30.8 Å². The number of carbonyl (C=O) groups excluding carboxylic acids is 1. The average molecular weight is 414 g/mol. The van der Waals surface area contributed by atoms with Gasteiger partial charge in [0.05, 0.1) is 6.61 Å². The van der Waals surface area contributed by atoms with E-state index in [4.69, 9.17) is 9.29 Å². The highest BCUT2D eigenvalue weighted by atomic mass is 32.2. The molecule has 0 heterocycles. The quantitative estimate of drug-likeness (QED) is 0.585. The molecule has 0 spiro atoms. The summed E-state index contributed by atoms with van der Waals surface area (Å²) in [7, 11) is -5.85. The lowest BCUT2D eigenvalue weighted by Crippen LogP contribution is -2.56. The summed E-state index contributed by atoms with van der Waals surface area (Å²) >= 11 is 0. The van der Waals surface area contributed by atoms with Gasteiger partial charge in [0.15, 0.2) is 0 Å². The molecule has 154 valence electrons. The zero-order chi connectivity index (χ0) is 20.4. The topological polar surface area (TPSA) is 80.7 Å². The number of aryl methyl sites for hydroxylation is 1. The summed E-state index contributed by atoms with van der Waals surface area (Å²) in [4.78, 5) is 11.7. The predicted octanol–water partition coefficient (Wildman–Crippen LogP) is 3.86. The first-order chi connectivity index (χ1) is 12.9. The molecule has 4 saturated carbocycles. The van der Waals surface area contributed by atoms with Gasteiger partial charge in [-0.15, -0.1) is 0 Å². The Balaban J connectivity index is 1.57. The second-order valence-corrected chi connectivity index (χ2v) is 10.6. The van der Waals surface area contributed by atoms with E-state index < -0.39 is 26.8 Å². The van der Waals surface area contributed by atoms with Crippen LogP contribution in [0.2, 0.25) is 0 Å². The molecular formula is C20H24F2O5S. The normalized spacial score (nSPS) is 34.4. The molecule has 5 nitrogen and oxygen atoms in total. The summed E-state index contributed by atoms with van der Waals surface area (Å²) in [6.07, 6.45) is 5.52. The van der Waals surface area contributed by atoms with Crippen molar-refractivity contribution in [1.82, 2.24) is 0 Å². The Morgan fingerprint density at radius 3 is 2.29 bits per heavy atom. The third-order valence-electron chi connectivity index (χ3n) is 6.92. The van der Waals surface area contributed by atoms with Gasteiger partial charge < -0.3 is 4.74 Å². The Labute approximate surface area is 163 Å². The first-order valence-corrected chi connectivity index (χ1v) is 11.0. The van der Waals surface area contributed by atoms with Crippen molar-refractivity contribution in [2.45, 2.75) is 56.1 Å². The summed E-state index contributed by atoms with van der Waals surface area (Å²) in [5.74, 6) is -1.30. The summed E-state index contributed by atoms with van der Waals surface area (Å²) in [5.41, 5.74) is 1.95. The Bertz CT molecular complexity index is 880. The first-order valence-electron chi connectivity index (χ1n) is 9.54. The van der Waals surface area contributed by atoms with Crippen LogP contribution in [0, 0.1) is 24.2 Å². The van der Waals surface area contributed by atoms with Gasteiger partial charge in [-0.3, -0.25) is 4.55 Å². The summed E-state index contributed by atoms with van der Waals surface area (Å²) in [5, 5.41) is -4.94. The Hall–Kier alpha value is -1.54. The SMILES string of the molecule is Cc1ccc(C23CC4CC(CC(COC(=O)C(F)(F)S(=O)(=O)O)(C4)C2)C3)cc1. The van der Waals surface area contributed by atoms with Crippen LogP contribution in [0.3, 0.4) is 0 Å². The molecule has 1 aromatic rings. The van der Waals surface area contributed by atoms with E-state index in [2.05, 4.69) is 24.3 Å². The van der Waals surface area contributed by atoms with Crippen LogP contribution in [0.5, 0.6) is 0 Å². The molecule has 4 aliphatic carbocycles. The molecule has 0 amide bonds. The number of rotatable bonds is 5. The zero-order valence-corrected chi connectivity index (χ0v) is 16.5. The van der Waals surface area contributed by atoms with Gasteiger partial charge >= 0.3 is 21.3 Å². The second-order valence-electron chi connectivity index (χ2n) is 9.18. The van der Waals surface area contributed by atoms with E-state index in [-0.39, 0.29) is 12.0 Å². The van der Waals surface area contributed by atoms with Gasteiger partial charge in [0.25, 0.3) is 0 Å². The molecule has 28 heavy (non-hydrogen) atoms. The fourth-order valence-corrected chi connectivity index (χ4v) is 6.54. The van der Waals surface area contributed by atoms with Crippen molar-refractivity contribution < 1.29 is 31.3 Å². The van der Waals surface area contributed by atoms with Crippen LogP contribution in [0.25, 0.3) is 0 Å². The van der Waals surface area contributed by atoms with Crippen molar-refractivity contribution in [2.24, 2.45) is 17.3 Å². The lowest BCUT2D eigenvalue weighted by molar-refractivity contribution is -0.173. The number of esters is 1. The highest BCUT2D eigenvalue weighted by molar-refractivity contribution is 7.87. The van der Waals surface area contributed by atoms with E-state index in [0.717, 1.165) is 38.5 Å². The Kier molecular flexibility index (Phi) is 4.39. The van der Waals surface area contributed by atoms with Crippen LogP contribution in [0.1, 0.15) is 49.7 Å². The molecule has 4 bridgehead atoms. The second kappa shape index (κ2) is 6.23. The molecule has 0 radical (unpaired) electrons. The van der Waals surface area contributed by atoms with Crippen LogP contribution >= 0.6 is 0 Å². The van der Waals surface area contributed by atoms with Crippen LogP contribution in [0.4, 0.5) is 8.78 Å². The molecule has 0 saturated heterocycles. The van der Waals surface area contributed by atoms with Crippen molar-refractivity contribution >= 4 is 16.1 Å². The number of alkyl halides is 2. The standard InChI is InChI=1S/C20H24F2O5S/c1-13-2-4-16(5-3-13)19-9-14-6-15(10-19)8-18(7-14,11-19)12-27-17(23)20(21,22)28(24,25)26/h2-5,14-15H,6-12H2,1H3,(H,24,25,26). The van der Waals surface area contributed by atoms with E-state index >= 15 is 0 Å². The number of hydrogen-bond acceptors (Lipinski definition) is 4. The lowest BCUT2D eigenvalue weighted by atomic mass is 9.43. The van der Waals surface area contributed by atoms with Gasteiger partial charge in [0.2, 0.25) is 0 Å². The molecule has 1 aromatic carbocycles. The van der Waals surface area contributed by atoms with Gasteiger partial charge in [-0.1, -0.05) is 29.8 Å². The van der Waals surface area contributed by atoms with Crippen molar-refractivity contribution in [1.29, 1.82) is 0 Å². The number of ether oxygens (including phenoxy) is 1. The highest BCUT2D eigenvalue weighted by Crippen LogP contribution is 2.65. The summed E-state index contributed by atoms with van der Waals surface area (Å²) in [6.45, 7) is 1.79. The maximum absolute atomic E-state index is 13.5. The molecule has 2 atom stereocenters. The van der Waals surface area contributed by atoms with Crippen molar-refractivity contribution in [2.75, 3.05) is 6.61 Å². The van der Waals surface area contributed by atoms with Gasteiger partial charge in [-0.05, 0) is 68.3 Å². The first kappa shape index (κ1) is 19.8. The summed E-state index contributed by atoms with van der Waals surface area (Å²) < 4.78 is 62.1. The average Bonchev–Trinajstić information content (AvgIpc) is 2.58. The third kappa shape index (κ3) is 3.14. The van der Waals surface area contributed by atoms with Crippen LogP contribution in [0.15, 0.2) is 24.3 Å². The van der Waals surface area contributed by atoms with Crippen molar-refractivity contribution in [3.05, 3.63) is 35.4 Å². The largest absolute Gasteiger partial charge is 0.465 e. The maximum Gasteiger partial charge on any atom is 0.465 e. The van der Waals surface area contributed by atoms with Crippen LogP contribution < -0.4 is 0 Å². The molecule has 0 aliphatic heterocycles. The van der Waals surface area contributed by atoms with E-state index in [1.165, 1.54) is 11.1 Å². The minimum Gasteiger partial charge on any atom is -0.460 e. The van der Waals surface area contributed by atoms with Gasteiger partial charge in [0, 0.05) is 5.41 Å². The molecule has 4 fully saturated rings. The third-order valence-corrected chi connectivity index (χ3v) is 7.73. The number of benzene rings is 1. The summed E-state index contributed by atoms with van der Waals surface area (Å²) in [6, 6.07) is 8.42. The highest BCUT2D eigenvalue weighted by Gasteiger charge is 2.60. The van der Waals surface area contributed by atoms with E-state index in [0.29, 0.717) is 11.8 Å². The molecule has 1 N–H and O–H groups in total. The van der Waals surface area contributed by atoms with Crippen molar-refractivity contribution in [3.8, 4) is 0 Å². The van der Waals surface area contributed by atoms with E-state index in [1.807, 2.05) is 6.92 Å². The maximum atomic E-state index is 13.5. The smallest absolute Gasteiger partial charge is 0.460 e. The number of carbonyl (C=O) groups is 1. The minimum absolute atomic E-state index is 0.0459. The van der Waals surface area contributed by atoms with Gasteiger partial charge in [-0.25, -0.2) is 4.79 Å². The van der Waals surface area contributed by atoms with Gasteiger partial charge in [-0.2, -0.15) is 17.2 Å². The van der Waals surface area contributed by atoms with E-state index in [9.17, 15) is 22.0 Å². The molecular weight excluding hydrogens is 390 g/mol. The fourth-order valence-electron chi connectivity index (χ4n) is 6.27. The molecule has 0 aromatic heterocycles. The van der Waals surface area contributed by atoms with Gasteiger partial charge in [0.1, 0.15) is 0 Å². The van der Waals surface area contributed by atoms with E-state index in [1.54, 1.807) is 0 Å². The fraction of sp³-hybridized carbons (Fsp3) is 0.650.